The van der Waals surface area contributed by atoms with Crippen LogP contribution in [0.1, 0.15) is 43.4 Å². The summed E-state index contributed by atoms with van der Waals surface area (Å²) >= 11 is 0. The van der Waals surface area contributed by atoms with Crippen LogP contribution in [0.3, 0.4) is 0 Å². The van der Waals surface area contributed by atoms with Gasteiger partial charge in [0.15, 0.2) is 0 Å². The summed E-state index contributed by atoms with van der Waals surface area (Å²) in [7, 11) is 1.66. The van der Waals surface area contributed by atoms with Crippen molar-refractivity contribution in [3.8, 4) is 11.4 Å². The second-order valence-corrected chi connectivity index (χ2v) is 7.74. The second-order valence-electron chi connectivity index (χ2n) is 7.74. The van der Waals surface area contributed by atoms with Crippen LogP contribution >= 0.6 is 0 Å². The van der Waals surface area contributed by atoms with Gasteiger partial charge in [0.25, 0.3) is 0 Å². The van der Waals surface area contributed by atoms with Gasteiger partial charge in [0, 0.05) is 11.9 Å². The lowest BCUT2D eigenvalue weighted by Crippen LogP contribution is -2.34. The molecule has 1 aliphatic rings. The molecule has 0 radical (unpaired) electrons. The van der Waals surface area contributed by atoms with Gasteiger partial charge < -0.3 is 19.4 Å². The van der Waals surface area contributed by atoms with Crippen LogP contribution in [-0.4, -0.2) is 50.4 Å². The molecule has 0 unspecified atom stereocenters. The fourth-order valence-corrected chi connectivity index (χ4v) is 3.64. The van der Waals surface area contributed by atoms with Crippen molar-refractivity contribution in [3.05, 3.63) is 47.8 Å². The summed E-state index contributed by atoms with van der Waals surface area (Å²) in [6.45, 7) is 8.08. The van der Waals surface area contributed by atoms with E-state index in [0.717, 1.165) is 29.1 Å². The minimum Gasteiger partial charge on any atom is -0.496 e. The lowest BCUT2D eigenvalue weighted by Gasteiger charge is -2.19. The smallest absolute Gasteiger partial charge is 0.417 e. The van der Waals surface area contributed by atoms with Crippen LogP contribution < -0.4 is 15.0 Å². The number of hydrogen-bond donors (Lipinski definition) is 1. The molecule has 3 aromatic rings. The van der Waals surface area contributed by atoms with Crippen molar-refractivity contribution in [3.63, 3.8) is 0 Å². The Morgan fingerprint density at radius 3 is 2.81 bits per heavy atom. The average molecular weight is 438 g/mol. The number of rotatable bonds is 7. The predicted molar refractivity (Wildman–Crippen MR) is 119 cm³/mol. The quantitative estimate of drug-likeness (QED) is 0.598. The number of anilines is 2. The number of nitrogens with zero attached hydrogens (tertiary/aromatic N) is 6. The molecule has 3 heterocycles. The molecule has 0 spiro atoms. The van der Waals surface area contributed by atoms with Gasteiger partial charge in [-0.15, -0.1) is 0 Å². The molecule has 0 bridgehead atoms. The molecule has 4 rings (SSSR count). The fourth-order valence-electron chi connectivity index (χ4n) is 3.64. The third kappa shape index (κ3) is 4.20. The highest BCUT2D eigenvalue weighted by molar-refractivity contribution is 5.88. The normalized spacial score (nSPS) is 16.7. The molecule has 0 saturated carbocycles. The Morgan fingerprint density at radius 2 is 2.09 bits per heavy atom. The molecule has 32 heavy (non-hydrogen) atoms. The number of benzene rings is 1. The Labute approximate surface area is 186 Å². The Hall–Kier alpha value is -3.69. The Kier molecular flexibility index (Phi) is 5.93. The van der Waals surface area contributed by atoms with Crippen molar-refractivity contribution in [2.24, 2.45) is 0 Å². The standard InChI is InChI=1S/C22H27N7O3/c1-6-16-11-32-22(30)29(16)21-26-15(4)25-20(27-21)24-14(3)18-10-28(12-23-18)17-7-8-19(31-5)13(2)9-17/h7-10,12,14,16H,6,11H2,1-5H3,(H,24,25,26,27)/t14-,16-/m0/s1. The number of aromatic nitrogens is 5. The van der Waals surface area contributed by atoms with E-state index in [1.54, 1.807) is 20.4 Å². The van der Waals surface area contributed by atoms with Crippen LogP contribution in [0, 0.1) is 13.8 Å². The number of nitrogens with one attached hydrogen (secondary N) is 1. The molecule has 1 aromatic carbocycles. The summed E-state index contributed by atoms with van der Waals surface area (Å²) in [5.41, 5.74) is 2.86. The number of carbonyl (C=O) groups is 1. The van der Waals surface area contributed by atoms with Gasteiger partial charge in [-0.05, 0) is 51.0 Å². The summed E-state index contributed by atoms with van der Waals surface area (Å²) in [5.74, 6) is 2.03. The predicted octanol–water partition coefficient (Wildman–Crippen LogP) is 3.59. The lowest BCUT2D eigenvalue weighted by molar-refractivity contribution is 0.178. The summed E-state index contributed by atoms with van der Waals surface area (Å²) in [6, 6.07) is 5.71. The Balaban J connectivity index is 1.53. The first-order chi connectivity index (χ1) is 15.4. The van der Waals surface area contributed by atoms with Crippen molar-refractivity contribution in [1.82, 2.24) is 24.5 Å². The molecule has 1 fully saturated rings. The number of aryl methyl sites for hydroxylation is 2. The van der Waals surface area contributed by atoms with Crippen LogP contribution in [0.5, 0.6) is 5.75 Å². The van der Waals surface area contributed by atoms with Crippen LogP contribution in [-0.2, 0) is 4.74 Å². The molecular formula is C22H27N7O3. The number of hydrogen-bond acceptors (Lipinski definition) is 8. The van der Waals surface area contributed by atoms with E-state index in [-0.39, 0.29) is 12.1 Å². The largest absolute Gasteiger partial charge is 0.496 e. The van der Waals surface area contributed by atoms with Gasteiger partial charge in [-0.3, -0.25) is 0 Å². The van der Waals surface area contributed by atoms with Crippen LogP contribution in [0.15, 0.2) is 30.7 Å². The first kappa shape index (κ1) is 21.5. The highest BCUT2D eigenvalue weighted by atomic mass is 16.6. The monoisotopic (exact) mass is 437 g/mol. The van der Waals surface area contributed by atoms with Gasteiger partial charge in [-0.25, -0.2) is 14.7 Å². The van der Waals surface area contributed by atoms with E-state index < -0.39 is 6.09 Å². The molecule has 2 aromatic heterocycles. The minimum absolute atomic E-state index is 0.0850. The van der Waals surface area contributed by atoms with E-state index in [0.29, 0.717) is 24.3 Å². The van der Waals surface area contributed by atoms with Crippen molar-refractivity contribution in [2.75, 3.05) is 23.9 Å². The van der Waals surface area contributed by atoms with E-state index in [4.69, 9.17) is 9.47 Å². The summed E-state index contributed by atoms with van der Waals surface area (Å²) < 4.78 is 12.5. The highest BCUT2D eigenvalue weighted by Crippen LogP contribution is 2.25. The lowest BCUT2D eigenvalue weighted by atomic mass is 10.2. The van der Waals surface area contributed by atoms with Crippen molar-refractivity contribution >= 4 is 18.0 Å². The Morgan fingerprint density at radius 1 is 1.28 bits per heavy atom. The zero-order chi connectivity index (χ0) is 22.8. The topological polar surface area (TPSA) is 107 Å². The fraction of sp³-hybridized carbons (Fsp3) is 0.409. The average Bonchev–Trinajstić information content (AvgIpc) is 3.40. The molecule has 10 heteroatoms. The maximum Gasteiger partial charge on any atom is 0.417 e. The third-order valence-corrected chi connectivity index (χ3v) is 5.45. The summed E-state index contributed by atoms with van der Waals surface area (Å²) in [5, 5.41) is 3.27. The van der Waals surface area contributed by atoms with Gasteiger partial charge in [0.05, 0.1) is 31.2 Å². The Bertz CT molecular complexity index is 1130. The number of ether oxygens (including phenoxy) is 2. The number of methoxy groups -OCH3 is 1. The van der Waals surface area contributed by atoms with Gasteiger partial charge in [-0.2, -0.15) is 15.0 Å². The summed E-state index contributed by atoms with van der Waals surface area (Å²) in [4.78, 5) is 31.4. The molecule has 1 N–H and O–H groups in total. The first-order valence-electron chi connectivity index (χ1n) is 10.5. The van der Waals surface area contributed by atoms with Crippen molar-refractivity contribution in [1.29, 1.82) is 0 Å². The number of imidazole rings is 1. The van der Waals surface area contributed by atoms with E-state index in [9.17, 15) is 4.79 Å². The van der Waals surface area contributed by atoms with Crippen molar-refractivity contribution in [2.45, 2.75) is 46.2 Å². The van der Waals surface area contributed by atoms with E-state index in [1.807, 2.05) is 49.7 Å². The van der Waals surface area contributed by atoms with Gasteiger partial charge in [0.1, 0.15) is 18.2 Å². The SMILES string of the molecule is CC[C@H]1COC(=O)N1c1nc(C)nc(N[C@@H](C)c2cn(-c3ccc(OC)c(C)c3)cn2)n1. The molecular weight excluding hydrogens is 410 g/mol. The number of carbonyl (C=O) groups excluding carboxylic acids is 1. The van der Waals surface area contributed by atoms with E-state index >= 15 is 0 Å². The van der Waals surface area contributed by atoms with Crippen LogP contribution in [0.2, 0.25) is 0 Å². The van der Waals surface area contributed by atoms with E-state index in [1.165, 1.54) is 4.90 Å². The van der Waals surface area contributed by atoms with Crippen LogP contribution in [0.25, 0.3) is 5.69 Å². The number of amides is 1. The number of cyclic esters (lactones) is 1. The third-order valence-electron chi connectivity index (χ3n) is 5.45. The van der Waals surface area contributed by atoms with Gasteiger partial charge in [-0.1, -0.05) is 6.92 Å². The summed E-state index contributed by atoms with van der Waals surface area (Å²) in [6.07, 6.45) is 4.04. The first-order valence-corrected chi connectivity index (χ1v) is 10.5. The maximum absolute atomic E-state index is 12.2. The van der Waals surface area contributed by atoms with Gasteiger partial charge >= 0.3 is 6.09 Å². The molecule has 1 aliphatic heterocycles. The van der Waals surface area contributed by atoms with Crippen molar-refractivity contribution < 1.29 is 14.3 Å². The highest BCUT2D eigenvalue weighted by Gasteiger charge is 2.35. The molecule has 1 amide bonds. The molecule has 10 nitrogen and oxygen atoms in total. The molecule has 2 atom stereocenters. The van der Waals surface area contributed by atoms with Gasteiger partial charge in [0.2, 0.25) is 11.9 Å². The maximum atomic E-state index is 12.2. The molecule has 168 valence electrons. The zero-order valence-corrected chi connectivity index (χ0v) is 18.9. The minimum atomic E-state index is -0.435. The second kappa shape index (κ2) is 8.81. The molecule has 1 saturated heterocycles. The zero-order valence-electron chi connectivity index (χ0n) is 18.9. The molecule has 0 aliphatic carbocycles. The van der Waals surface area contributed by atoms with E-state index in [2.05, 4.69) is 25.3 Å². The van der Waals surface area contributed by atoms with Crippen LogP contribution in [0.4, 0.5) is 16.7 Å².